The van der Waals surface area contributed by atoms with Crippen molar-refractivity contribution in [2.24, 2.45) is 7.05 Å². The highest BCUT2D eigenvalue weighted by Gasteiger charge is 2.37. The van der Waals surface area contributed by atoms with E-state index in [1.54, 1.807) is 19.2 Å². The van der Waals surface area contributed by atoms with Gasteiger partial charge in [0.25, 0.3) is 0 Å². The third-order valence-electron chi connectivity index (χ3n) is 6.24. The first kappa shape index (κ1) is 25.6. The van der Waals surface area contributed by atoms with Gasteiger partial charge in [0.15, 0.2) is 0 Å². The molecule has 38 heavy (non-hydrogen) atoms. The van der Waals surface area contributed by atoms with Gasteiger partial charge in [0.05, 0.1) is 16.7 Å². The summed E-state index contributed by atoms with van der Waals surface area (Å²) in [6.45, 7) is -0.132. The molecular formula is C28H23F3N4O2S. The lowest BCUT2D eigenvalue weighted by atomic mass is 9.99. The van der Waals surface area contributed by atoms with Gasteiger partial charge in [-0.3, -0.25) is 19.2 Å². The van der Waals surface area contributed by atoms with Crippen molar-refractivity contribution >= 4 is 29.4 Å². The molecule has 4 aromatic rings. The number of amides is 2. The lowest BCUT2D eigenvalue weighted by molar-refractivity contribution is -0.123. The molecule has 2 amide bonds. The van der Waals surface area contributed by atoms with E-state index in [1.165, 1.54) is 45.6 Å². The van der Waals surface area contributed by atoms with Crippen LogP contribution < -0.4 is 10.2 Å². The molecular weight excluding hydrogens is 513 g/mol. The van der Waals surface area contributed by atoms with E-state index in [-0.39, 0.29) is 36.1 Å². The number of benzene rings is 3. The van der Waals surface area contributed by atoms with Crippen LogP contribution in [-0.2, 0) is 23.2 Å². The second-order valence-corrected chi connectivity index (χ2v) is 9.91. The molecule has 0 spiro atoms. The number of rotatable bonds is 6. The van der Waals surface area contributed by atoms with Gasteiger partial charge in [-0.1, -0.05) is 48.5 Å². The number of fused-ring (bicyclic) bond motifs is 1. The fourth-order valence-electron chi connectivity index (χ4n) is 4.46. The average Bonchev–Trinajstić information content (AvgIpc) is 3.17. The highest BCUT2D eigenvalue weighted by Crippen LogP contribution is 2.48. The number of nitrogens with one attached hydrogen (secondary N) is 1. The third kappa shape index (κ3) is 5.17. The quantitative estimate of drug-likeness (QED) is 0.377. The topological polar surface area (TPSA) is 67.2 Å². The number of anilines is 1. The lowest BCUT2D eigenvalue weighted by Gasteiger charge is -2.22. The van der Waals surface area contributed by atoms with Crippen LogP contribution in [0.3, 0.4) is 0 Å². The fraction of sp³-hybridized carbons (Fsp3) is 0.179. The van der Waals surface area contributed by atoms with Crippen molar-refractivity contribution in [2.45, 2.75) is 11.8 Å². The van der Waals surface area contributed by atoms with Crippen LogP contribution in [0.4, 0.5) is 19.0 Å². The summed E-state index contributed by atoms with van der Waals surface area (Å²) < 4.78 is 43.5. The summed E-state index contributed by atoms with van der Waals surface area (Å²) in [5, 5.41) is 6.75. The molecule has 0 aliphatic carbocycles. The third-order valence-corrected chi connectivity index (χ3v) is 7.48. The number of hydrogen-bond donors (Lipinski definition) is 1. The van der Waals surface area contributed by atoms with Gasteiger partial charge >= 0.3 is 0 Å². The number of aryl methyl sites for hydroxylation is 1. The Hall–Kier alpha value is -4.05. The highest BCUT2D eigenvalue weighted by atomic mass is 32.2. The summed E-state index contributed by atoms with van der Waals surface area (Å²) in [6.07, 6.45) is 0. The van der Waals surface area contributed by atoms with Crippen LogP contribution in [0.2, 0.25) is 0 Å². The van der Waals surface area contributed by atoms with Crippen molar-refractivity contribution in [3.63, 3.8) is 0 Å². The Morgan fingerprint density at radius 1 is 1.03 bits per heavy atom. The van der Waals surface area contributed by atoms with Crippen molar-refractivity contribution in [3.8, 4) is 11.3 Å². The van der Waals surface area contributed by atoms with Gasteiger partial charge in [-0.15, -0.1) is 11.8 Å². The molecule has 0 saturated heterocycles. The van der Waals surface area contributed by atoms with Crippen LogP contribution in [0.25, 0.3) is 11.3 Å². The summed E-state index contributed by atoms with van der Waals surface area (Å²) >= 11 is 1.20. The highest BCUT2D eigenvalue weighted by molar-refractivity contribution is 8.00. The molecule has 1 atom stereocenters. The van der Waals surface area contributed by atoms with Crippen molar-refractivity contribution in [1.29, 1.82) is 0 Å². The SMILES string of the molecule is Cn1nc(-c2ccccc2)c2c1N(CC(=O)NCc1ccc(F)cc1)C(=O)CSC2c1ccc(F)cc1F. The zero-order valence-corrected chi connectivity index (χ0v) is 21.1. The summed E-state index contributed by atoms with van der Waals surface area (Å²) in [6, 6.07) is 18.4. The van der Waals surface area contributed by atoms with E-state index in [0.29, 0.717) is 22.6 Å². The molecule has 0 saturated carbocycles. The maximum atomic E-state index is 15.0. The molecule has 5 rings (SSSR count). The molecule has 0 radical (unpaired) electrons. The maximum Gasteiger partial charge on any atom is 0.240 e. The molecule has 0 fully saturated rings. The van der Waals surface area contributed by atoms with Crippen molar-refractivity contribution in [3.05, 3.63) is 107 Å². The molecule has 2 heterocycles. The number of thioether (sulfide) groups is 1. The normalized spacial score (nSPS) is 15.2. The molecule has 1 aliphatic heterocycles. The number of nitrogens with zero attached hydrogens (tertiary/aromatic N) is 3. The van der Waals surface area contributed by atoms with Crippen LogP contribution in [-0.4, -0.2) is 33.9 Å². The number of hydrogen-bond acceptors (Lipinski definition) is 4. The van der Waals surface area contributed by atoms with E-state index in [4.69, 9.17) is 0 Å². The van der Waals surface area contributed by atoms with Crippen LogP contribution in [0.15, 0.2) is 72.8 Å². The Morgan fingerprint density at radius 2 is 1.74 bits per heavy atom. The Morgan fingerprint density at radius 3 is 2.45 bits per heavy atom. The van der Waals surface area contributed by atoms with Crippen LogP contribution in [0.5, 0.6) is 0 Å². The Labute approximate surface area is 221 Å². The molecule has 3 aromatic carbocycles. The standard InChI is InChI=1S/C28H23F3N4O2S/c1-34-28-25(26(33-34)18-5-3-2-4-6-18)27(21-12-11-20(30)13-22(21)31)38-16-24(37)35(28)15-23(36)32-14-17-7-9-19(29)10-8-17/h2-13,27H,14-16H2,1H3,(H,32,36). The Balaban J connectivity index is 1.54. The van der Waals surface area contributed by atoms with Crippen molar-refractivity contribution < 1.29 is 22.8 Å². The molecule has 194 valence electrons. The molecule has 1 N–H and O–H groups in total. The predicted octanol–water partition coefficient (Wildman–Crippen LogP) is 4.99. The largest absolute Gasteiger partial charge is 0.350 e. The van der Waals surface area contributed by atoms with E-state index in [1.807, 2.05) is 30.3 Å². The zero-order valence-electron chi connectivity index (χ0n) is 20.3. The van der Waals surface area contributed by atoms with Crippen molar-refractivity contribution in [1.82, 2.24) is 15.1 Å². The Kier molecular flexibility index (Phi) is 7.24. The van der Waals surface area contributed by atoms with E-state index in [2.05, 4.69) is 10.4 Å². The number of carbonyl (C=O) groups excluding carboxylic acids is 2. The monoisotopic (exact) mass is 536 g/mol. The van der Waals surface area contributed by atoms with Gasteiger partial charge in [0.1, 0.15) is 29.8 Å². The van der Waals surface area contributed by atoms with Crippen LogP contribution in [0, 0.1) is 17.5 Å². The Bertz CT molecular complexity index is 1490. The maximum absolute atomic E-state index is 15.0. The molecule has 1 aromatic heterocycles. The fourth-order valence-corrected chi connectivity index (χ4v) is 5.68. The summed E-state index contributed by atoms with van der Waals surface area (Å²) in [7, 11) is 1.66. The number of halogens is 3. The van der Waals surface area contributed by atoms with E-state index in [0.717, 1.165) is 11.6 Å². The summed E-state index contributed by atoms with van der Waals surface area (Å²) in [5.74, 6) is -2.24. The molecule has 10 heteroatoms. The van der Waals surface area contributed by atoms with Gasteiger partial charge in [0, 0.05) is 36.3 Å². The van der Waals surface area contributed by atoms with Gasteiger partial charge < -0.3 is 5.32 Å². The number of aromatic nitrogens is 2. The first-order valence-electron chi connectivity index (χ1n) is 11.8. The van der Waals surface area contributed by atoms with Crippen molar-refractivity contribution in [2.75, 3.05) is 17.2 Å². The molecule has 1 aliphatic rings. The molecule has 1 unspecified atom stereocenters. The predicted molar refractivity (Wildman–Crippen MR) is 140 cm³/mol. The minimum atomic E-state index is -0.728. The van der Waals surface area contributed by atoms with Crippen LogP contribution >= 0.6 is 11.8 Å². The van der Waals surface area contributed by atoms with Gasteiger partial charge in [-0.05, 0) is 23.8 Å². The molecule has 6 nitrogen and oxygen atoms in total. The summed E-state index contributed by atoms with van der Waals surface area (Å²) in [4.78, 5) is 27.6. The van der Waals surface area contributed by atoms with Gasteiger partial charge in [-0.2, -0.15) is 5.10 Å². The first-order valence-corrected chi connectivity index (χ1v) is 12.9. The second kappa shape index (κ2) is 10.7. The van der Waals surface area contributed by atoms with E-state index < -0.39 is 22.8 Å². The number of carbonyl (C=O) groups is 2. The van der Waals surface area contributed by atoms with E-state index >= 15 is 4.39 Å². The van der Waals surface area contributed by atoms with E-state index in [9.17, 15) is 18.4 Å². The average molecular weight is 537 g/mol. The van der Waals surface area contributed by atoms with Gasteiger partial charge in [0.2, 0.25) is 11.8 Å². The summed E-state index contributed by atoms with van der Waals surface area (Å²) in [5.41, 5.74) is 2.78. The van der Waals surface area contributed by atoms with Gasteiger partial charge in [-0.25, -0.2) is 13.2 Å². The zero-order chi connectivity index (χ0) is 26.8. The smallest absolute Gasteiger partial charge is 0.240 e. The first-order chi connectivity index (χ1) is 18.3. The minimum Gasteiger partial charge on any atom is -0.350 e. The molecule has 0 bridgehead atoms. The second-order valence-electron chi connectivity index (χ2n) is 8.82. The van der Waals surface area contributed by atoms with Crippen LogP contribution in [0.1, 0.15) is 21.9 Å². The minimum absolute atomic E-state index is 0.0321. The lowest BCUT2D eigenvalue weighted by Crippen LogP contribution is -2.42.